The van der Waals surface area contributed by atoms with E-state index in [0.29, 0.717) is 41.2 Å². The largest absolute Gasteiger partial charge is 0.489 e. The van der Waals surface area contributed by atoms with Gasteiger partial charge in [-0.05, 0) is 22.6 Å². The number of nitro groups is 1. The summed E-state index contributed by atoms with van der Waals surface area (Å²) in [6.07, 6.45) is 2.41. The highest BCUT2D eigenvalue weighted by molar-refractivity contribution is 7.15. The maximum absolute atomic E-state index is 11.3. The van der Waals surface area contributed by atoms with Gasteiger partial charge in [0.2, 0.25) is 5.82 Å². The highest BCUT2D eigenvalue weighted by Crippen LogP contribution is 2.38. The average molecular weight is 381 g/mol. The monoisotopic (exact) mass is 380 g/mol. The number of fused-ring (bicyclic) bond motifs is 2. The van der Waals surface area contributed by atoms with Crippen molar-refractivity contribution in [3.63, 3.8) is 0 Å². The molecule has 0 spiro atoms. The Morgan fingerprint density at radius 2 is 2.24 bits per heavy atom. The molecule has 0 aliphatic carbocycles. The molecule has 0 unspecified atom stereocenters. The van der Waals surface area contributed by atoms with Gasteiger partial charge in [0.1, 0.15) is 6.20 Å². The molecule has 0 saturated carbocycles. The summed E-state index contributed by atoms with van der Waals surface area (Å²) in [7, 11) is 0. The topological polar surface area (TPSA) is 90.9 Å². The molecule has 3 aromatic rings. The minimum absolute atomic E-state index is 0.0864. The van der Waals surface area contributed by atoms with Crippen LogP contribution in [0.2, 0.25) is 5.02 Å². The predicted molar refractivity (Wildman–Crippen MR) is 94.1 cm³/mol. The quantitative estimate of drug-likeness (QED) is 0.547. The Hall–Kier alpha value is -2.52. The molecule has 0 atom stereocenters. The van der Waals surface area contributed by atoms with Crippen LogP contribution in [-0.2, 0) is 6.54 Å². The number of nitrogens with one attached hydrogen (secondary N) is 1. The third-order valence-electron chi connectivity index (χ3n) is 3.73. The zero-order valence-electron chi connectivity index (χ0n) is 12.9. The lowest BCUT2D eigenvalue weighted by atomic mass is 10.2. The minimum Gasteiger partial charge on any atom is -0.489 e. The van der Waals surface area contributed by atoms with E-state index in [9.17, 15) is 10.1 Å². The van der Waals surface area contributed by atoms with E-state index in [4.69, 9.17) is 21.1 Å². The molecule has 4 rings (SSSR count). The van der Waals surface area contributed by atoms with Crippen LogP contribution in [0.1, 0.15) is 12.0 Å². The van der Waals surface area contributed by atoms with Crippen LogP contribution in [0.5, 0.6) is 11.5 Å². The number of anilines is 1. The predicted octanol–water partition coefficient (Wildman–Crippen LogP) is 3.73. The van der Waals surface area contributed by atoms with Crippen molar-refractivity contribution in [1.82, 2.24) is 9.38 Å². The molecular weight excluding hydrogens is 368 g/mol. The molecule has 130 valence electrons. The van der Waals surface area contributed by atoms with Crippen LogP contribution in [-0.4, -0.2) is 27.5 Å². The highest BCUT2D eigenvalue weighted by Gasteiger charge is 2.23. The van der Waals surface area contributed by atoms with Crippen molar-refractivity contribution in [2.24, 2.45) is 0 Å². The number of thiazole rings is 1. The SMILES string of the molecule is O=[N+]([O-])c1c(NCc2cc(Cl)c3c(c2)OCCCO3)nc2sccn12. The van der Waals surface area contributed by atoms with Gasteiger partial charge in [0.25, 0.3) is 4.96 Å². The first kappa shape index (κ1) is 16.0. The van der Waals surface area contributed by atoms with Gasteiger partial charge < -0.3 is 24.9 Å². The van der Waals surface area contributed by atoms with Crippen LogP contribution in [0.25, 0.3) is 4.96 Å². The summed E-state index contributed by atoms with van der Waals surface area (Å²) in [6.45, 7) is 1.44. The Morgan fingerprint density at radius 3 is 3.08 bits per heavy atom. The number of ether oxygens (including phenoxy) is 2. The van der Waals surface area contributed by atoms with Crippen molar-refractivity contribution in [2.75, 3.05) is 18.5 Å². The van der Waals surface area contributed by atoms with E-state index in [1.54, 1.807) is 17.6 Å². The number of halogens is 1. The second kappa shape index (κ2) is 6.41. The average Bonchev–Trinajstić information content (AvgIpc) is 3.05. The lowest BCUT2D eigenvalue weighted by Crippen LogP contribution is -2.04. The van der Waals surface area contributed by atoms with Crippen LogP contribution >= 0.6 is 22.9 Å². The summed E-state index contributed by atoms with van der Waals surface area (Å²) < 4.78 is 12.7. The maximum atomic E-state index is 11.3. The second-order valence-electron chi connectivity index (χ2n) is 5.41. The summed E-state index contributed by atoms with van der Waals surface area (Å²) in [5, 5.41) is 16.6. The molecule has 25 heavy (non-hydrogen) atoms. The van der Waals surface area contributed by atoms with E-state index in [1.807, 2.05) is 6.07 Å². The maximum Gasteiger partial charge on any atom is 0.372 e. The van der Waals surface area contributed by atoms with Gasteiger partial charge >= 0.3 is 5.82 Å². The van der Waals surface area contributed by atoms with Crippen LogP contribution in [0.4, 0.5) is 11.6 Å². The summed E-state index contributed by atoms with van der Waals surface area (Å²) >= 11 is 7.61. The standard InChI is InChI=1S/C15H13ClN4O4S/c16-10-6-9(7-11-12(10)24-4-1-3-23-11)8-17-13-14(20(21)22)19-2-5-25-15(19)18-13/h2,5-7,17H,1,3-4,8H2. The minimum atomic E-state index is -0.448. The summed E-state index contributed by atoms with van der Waals surface area (Å²) in [5.41, 5.74) is 0.819. The van der Waals surface area contributed by atoms with Gasteiger partial charge in [-0.15, -0.1) is 0 Å². The molecule has 1 N–H and O–H groups in total. The fourth-order valence-electron chi connectivity index (χ4n) is 2.64. The molecule has 0 fully saturated rings. The van der Waals surface area contributed by atoms with E-state index in [1.165, 1.54) is 15.7 Å². The van der Waals surface area contributed by atoms with Crippen molar-refractivity contribution >= 4 is 39.5 Å². The Labute approximate surface area is 151 Å². The number of benzene rings is 1. The van der Waals surface area contributed by atoms with Gasteiger partial charge in [0.05, 0.1) is 18.2 Å². The number of hydrogen-bond donors (Lipinski definition) is 1. The Balaban J connectivity index is 1.61. The summed E-state index contributed by atoms with van der Waals surface area (Å²) in [4.78, 5) is 15.7. The Kier molecular flexibility index (Phi) is 4.10. The first-order valence-electron chi connectivity index (χ1n) is 7.55. The van der Waals surface area contributed by atoms with Gasteiger partial charge in [-0.1, -0.05) is 22.9 Å². The summed E-state index contributed by atoms with van der Waals surface area (Å²) in [5.74, 6) is 1.26. The van der Waals surface area contributed by atoms with Crippen LogP contribution < -0.4 is 14.8 Å². The molecule has 0 amide bonds. The number of aromatic nitrogens is 2. The van der Waals surface area contributed by atoms with Crippen molar-refractivity contribution in [1.29, 1.82) is 0 Å². The van der Waals surface area contributed by atoms with E-state index < -0.39 is 4.92 Å². The second-order valence-corrected chi connectivity index (χ2v) is 6.69. The third kappa shape index (κ3) is 2.96. The summed E-state index contributed by atoms with van der Waals surface area (Å²) in [6, 6.07) is 3.58. The lowest BCUT2D eigenvalue weighted by Gasteiger charge is -2.12. The molecule has 1 aliphatic rings. The van der Waals surface area contributed by atoms with Crippen LogP contribution in [0, 0.1) is 10.1 Å². The van der Waals surface area contributed by atoms with Gasteiger partial charge in [-0.3, -0.25) is 0 Å². The van der Waals surface area contributed by atoms with Gasteiger partial charge in [-0.2, -0.15) is 9.38 Å². The highest BCUT2D eigenvalue weighted by atomic mass is 35.5. The van der Waals surface area contributed by atoms with E-state index in [-0.39, 0.29) is 11.6 Å². The fraction of sp³-hybridized carbons (Fsp3) is 0.267. The van der Waals surface area contributed by atoms with Gasteiger partial charge in [0.15, 0.2) is 11.5 Å². The zero-order chi connectivity index (χ0) is 17.4. The Morgan fingerprint density at radius 1 is 1.40 bits per heavy atom. The molecular formula is C15H13ClN4O4S. The first-order valence-corrected chi connectivity index (χ1v) is 8.81. The smallest absolute Gasteiger partial charge is 0.372 e. The molecule has 8 nitrogen and oxygen atoms in total. The van der Waals surface area contributed by atoms with Crippen molar-refractivity contribution in [3.05, 3.63) is 44.4 Å². The van der Waals surface area contributed by atoms with Crippen molar-refractivity contribution < 1.29 is 14.4 Å². The van der Waals surface area contributed by atoms with E-state index in [2.05, 4.69) is 10.3 Å². The Bertz CT molecular complexity index is 955. The van der Waals surface area contributed by atoms with Crippen LogP contribution in [0.15, 0.2) is 23.7 Å². The molecule has 3 heterocycles. The molecule has 0 saturated heterocycles. The van der Waals surface area contributed by atoms with Crippen molar-refractivity contribution in [3.8, 4) is 11.5 Å². The van der Waals surface area contributed by atoms with Crippen LogP contribution in [0.3, 0.4) is 0 Å². The number of hydrogen-bond acceptors (Lipinski definition) is 7. The molecule has 1 aliphatic heterocycles. The molecule has 1 aromatic carbocycles. The van der Waals surface area contributed by atoms with Gasteiger partial charge in [-0.25, -0.2) is 0 Å². The van der Waals surface area contributed by atoms with E-state index in [0.717, 1.165) is 12.0 Å². The normalized spacial score (nSPS) is 13.6. The molecule has 0 radical (unpaired) electrons. The number of rotatable bonds is 4. The zero-order valence-corrected chi connectivity index (χ0v) is 14.5. The number of nitrogens with zero attached hydrogens (tertiary/aromatic N) is 3. The fourth-order valence-corrected chi connectivity index (χ4v) is 3.64. The third-order valence-corrected chi connectivity index (χ3v) is 4.77. The lowest BCUT2D eigenvalue weighted by molar-refractivity contribution is -0.389. The molecule has 2 aromatic heterocycles. The van der Waals surface area contributed by atoms with Crippen molar-refractivity contribution in [2.45, 2.75) is 13.0 Å². The van der Waals surface area contributed by atoms with E-state index >= 15 is 0 Å². The first-order chi connectivity index (χ1) is 12.1. The van der Waals surface area contributed by atoms with Gasteiger partial charge in [0, 0.05) is 18.3 Å². The number of imidazole rings is 1. The molecule has 0 bridgehead atoms. The molecule has 10 heteroatoms.